The molecule has 2 aromatic heterocycles. The Morgan fingerprint density at radius 2 is 2.13 bits per heavy atom. The van der Waals surface area contributed by atoms with Crippen LogP contribution in [-0.2, 0) is 6.42 Å². The van der Waals surface area contributed by atoms with E-state index in [1.54, 1.807) is 6.20 Å². The number of aryl methyl sites for hydroxylation is 1. The van der Waals surface area contributed by atoms with E-state index in [2.05, 4.69) is 20.3 Å². The van der Waals surface area contributed by atoms with Gasteiger partial charge in [-0.3, -0.25) is 14.7 Å². The molecule has 116 valence electrons. The van der Waals surface area contributed by atoms with Crippen LogP contribution in [-0.4, -0.2) is 24.4 Å². The van der Waals surface area contributed by atoms with Gasteiger partial charge in [-0.2, -0.15) is 0 Å². The monoisotopic (exact) mass is 310 g/mol. The average molecular weight is 310 g/mol. The Morgan fingerprint density at radius 1 is 1.30 bits per heavy atom. The molecular weight excluding hydrogens is 296 g/mol. The molecule has 23 heavy (non-hydrogen) atoms. The van der Waals surface area contributed by atoms with E-state index in [4.69, 9.17) is 0 Å². The highest BCUT2D eigenvalue weighted by Gasteiger charge is 2.24. The Bertz CT molecular complexity index is 832. The SMILES string of the molecule is CCc1ccccc1Nc1ncnc(-n2ccnc2)c1[N+](=O)[O-]. The lowest BCUT2D eigenvalue weighted by atomic mass is 10.1. The molecule has 0 aliphatic carbocycles. The van der Waals surface area contributed by atoms with Crippen LogP contribution in [0.1, 0.15) is 12.5 Å². The number of imidazole rings is 1. The molecule has 0 aliphatic rings. The predicted octanol–water partition coefficient (Wildman–Crippen LogP) is 2.88. The van der Waals surface area contributed by atoms with Crippen molar-refractivity contribution >= 4 is 17.2 Å². The Morgan fingerprint density at radius 3 is 2.83 bits per heavy atom. The molecule has 8 nitrogen and oxygen atoms in total. The number of para-hydroxylation sites is 1. The Hall–Kier alpha value is -3.29. The quantitative estimate of drug-likeness (QED) is 0.574. The number of hydrogen-bond acceptors (Lipinski definition) is 6. The second-order valence-electron chi connectivity index (χ2n) is 4.76. The van der Waals surface area contributed by atoms with Crippen LogP contribution in [0, 0.1) is 10.1 Å². The van der Waals surface area contributed by atoms with E-state index < -0.39 is 4.92 Å². The van der Waals surface area contributed by atoms with Crippen molar-refractivity contribution in [2.24, 2.45) is 0 Å². The van der Waals surface area contributed by atoms with Gasteiger partial charge in [-0.25, -0.2) is 15.0 Å². The maximum absolute atomic E-state index is 11.5. The van der Waals surface area contributed by atoms with Gasteiger partial charge in [0.2, 0.25) is 11.6 Å². The lowest BCUT2D eigenvalue weighted by molar-refractivity contribution is -0.384. The number of anilines is 2. The van der Waals surface area contributed by atoms with Crippen LogP contribution in [0.25, 0.3) is 5.82 Å². The number of nitrogens with one attached hydrogen (secondary N) is 1. The van der Waals surface area contributed by atoms with Gasteiger partial charge in [0.15, 0.2) is 0 Å². The summed E-state index contributed by atoms with van der Waals surface area (Å²) < 4.78 is 1.48. The summed E-state index contributed by atoms with van der Waals surface area (Å²) in [6.07, 6.45) is 6.68. The van der Waals surface area contributed by atoms with Gasteiger partial charge in [0.25, 0.3) is 0 Å². The summed E-state index contributed by atoms with van der Waals surface area (Å²) in [5.41, 5.74) is 1.63. The zero-order chi connectivity index (χ0) is 16.2. The number of benzene rings is 1. The molecule has 1 N–H and O–H groups in total. The maximum Gasteiger partial charge on any atom is 0.354 e. The topological polar surface area (TPSA) is 98.8 Å². The maximum atomic E-state index is 11.5. The Kier molecular flexibility index (Phi) is 3.96. The third-order valence-corrected chi connectivity index (χ3v) is 3.39. The van der Waals surface area contributed by atoms with Crippen molar-refractivity contribution in [2.75, 3.05) is 5.32 Å². The Balaban J connectivity index is 2.09. The van der Waals surface area contributed by atoms with Crippen LogP contribution in [0.15, 0.2) is 49.3 Å². The molecule has 3 aromatic rings. The molecule has 0 spiro atoms. The highest BCUT2D eigenvalue weighted by Crippen LogP contribution is 2.31. The van der Waals surface area contributed by atoms with E-state index in [0.717, 1.165) is 17.7 Å². The van der Waals surface area contributed by atoms with Gasteiger partial charge in [0.05, 0.1) is 4.92 Å². The first-order valence-corrected chi connectivity index (χ1v) is 7.03. The summed E-state index contributed by atoms with van der Waals surface area (Å²) in [6, 6.07) is 7.62. The van der Waals surface area contributed by atoms with Gasteiger partial charge in [0.1, 0.15) is 12.7 Å². The number of nitro groups is 1. The number of rotatable bonds is 5. The largest absolute Gasteiger partial charge is 0.354 e. The molecule has 0 aliphatic heterocycles. The van der Waals surface area contributed by atoms with Crippen LogP contribution in [0.2, 0.25) is 0 Å². The minimum Gasteiger partial charge on any atom is -0.334 e. The molecule has 3 rings (SSSR count). The van der Waals surface area contributed by atoms with Crippen molar-refractivity contribution in [3.63, 3.8) is 0 Å². The lowest BCUT2D eigenvalue weighted by Crippen LogP contribution is -2.07. The highest BCUT2D eigenvalue weighted by molar-refractivity contribution is 5.71. The molecule has 1 aromatic carbocycles. The fourth-order valence-corrected chi connectivity index (χ4v) is 2.28. The van der Waals surface area contributed by atoms with Crippen molar-refractivity contribution < 1.29 is 4.92 Å². The number of nitrogens with zero attached hydrogens (tertiary/aromatic N) is 5. The predicted molar refractivity (Wildman–Crippen MR) is 84.9 cm³/mol. The first-order chi connectivity index (χ1) is 11.2. The van der Waals surface area contributed by atoms with Crippen molar-refractivity contribution in [1.29, 1.82) is 0 Å². The third kappa shape index (κ3) is 2.86. The van der Waals surface area contributed by atoms with Crippen molar-refractivity contribution in [3.05, 3.63) is 65.0 Å². The molecule has 8 heteroatoms. The molecule has 0 saturated carbocycles. The van der Waals surface area contributed by atoms with Gasteiger partial charge < -0.3 is 5.32 Å². The first-order valence-electron chi connectivity index (χ1n) is 7.03. The van der Waals surface area contributed by atoms with E-state index in [1.165, 1.54) is 23.4 Å². The van der Waals surface area contributed by atoms with Crippen molar-refractivity contribution in [1.82, 2.24) is 19.5 Å². The van der Waals surface area contributed by atoms with Gasteiger partial charge in [-0.05, 0) is 18.1 Å². The minimum atomic E-state index is -0.494. The van der Waals surface area contributed by atoms with Gasteiger partial charge in [-0.15, -0.1) is 0 Å². The zero-order valence-corrected chi connectivity index (χ0v) is 12.4. The fourth-order valence-electron chi connectivity index (χ4n) is 2.28. The lowest BCUT2D eigenvalue weighted by Gasteiger charge is -2.11. The summed E-state index contributed by atoms with van der Waals surface area (Å²) in [4.78, 5) is 23.0. The summed E-state index contributed by atoms with van der Waals surface area (Å²) >= 11 is 0. The van der Waals surface area contributed by atoms with E-state index in [9.17, 15) is 10.1 Å². The summed E-state index contributed by atoms with van der Waals surface area (Å²) in [5.74, 6) is 0.313. The summed E-state index contributed by atoms with van der Waals surface area (Å²) in [5, 5.41) is 14.6. The second-order valence-corrected chi connectivity index (χ2v) is 4.76. The van der Waals surface area contributed by atoms with Crippen LogP contribution < -0.4 is 5.32 Å². The second kappa shape index (κ2) is 6.22. The number of aromatic nitrogens is 4. The van der Waals surface area contributed by atoms with E-state index in [0.29, 0.717) is 0 Å². The van der Waals surface area contributed by atoms with E-state index in [1.807, 2.05) is 31.2 Å². The van der Waals surface area contributed by atoms with Crippen LogP contribution in [0.5, 0.6) is 0 Å². The summed E-state index contributed by atoms with van der Waals surface area (Å²) in [7, 11) is 0. The number of hydrogen-bond donors (Lipinski definition) is 1. The summed E-state index contributed by atoms with van der Waals surface area (Å²) in [6.45, 7) is 2.02. The molecule has 0 atom stereocenters. The molecule has 2 heterocycles. The van der Waals surface area contributed by atoms with Gasteiger partial charge in [0, 0.05) is 18.1 Å². The minimum absolute atomic E-state index is 0.148. The van der Waals surface area contributed by atoms with Crippen LogP contribution in [0.4, 0.5) is 17.2 Å². The average Bonchev–Trinajstić information content (AvgIpc) is 3.09. The fraction of sp³-hybridized carbons (Fsp3) is 0.133. The van der Waals surface area contributed by atoms with Gasteiger partial charge in [-0.1, -0.05) is 25.1 Å². The molecule has 0 fully saturated rings. The van der Waals surface area contributed by atoms with Crippen LogP contribution >= 0.6 is 0 Å². The van der Waals surface area contributed by atoms with Crippen LogP contribution in [0.3, 0.4) is 0 Å². The molecule has 0 unspecified atom stereocenters. The van der Waals surface area contributed by atoms with Gasteiger partial charge >= 0.3 is 5.69 Å². The standard InChI is InChI=1S/C15H14N6O2/c1-2-11-5-3-4-6-12(11)19-14-13(21(22)23)15(18-9-17-14)20-8-7-16-10-20/h3-10H,2H2,1H3,(H,17,18,19). The molecule has 0 bridgehead atoms. The highest BCUT2D eigenvalue weighted by atomic mass is 16.6. The van der Waals surface area contributed by atoms with Crippen molar-refractivity contribution in [3.8, 4) is 5.82 Å². The van der Waals surface area contributed by atoms with Crippen molar-refractivity contribution in [2.45, 2.75) is 13.3 Å². The molecule has 0 amide bonds. The van der Waals surface area contributed by atoms with E-state index >= 15 is 0 Å². The molecule has 0 radical (unpaired) electrons. The molecule has 0 saturated heterocycles. The molecular formula is C15H14N6O2. The third-order valence-electron chi connectivity index (χ3n) is 3.39. The zero-order valence-electron chi connectivity index (χ0n) is 12.4. The smallest absolute Gasteiger partial charge is 0.334 e. The van der Waals surface area contributed by atoms with E-state index in [-0.39, 0.29) is 17.3 Å². The normalized spacial score (nSPS) is 10.5. The Labute approximate surface area is 132 Å². The first kappa shape index (κ1) is 14.6.